The molecular weight excluding hydrogens is 445 g/mol. The lowest BCUT2D eigenvalue weighted by atomic mass is 10.0. The molecule has 0 radical (unpaired) electrons. The molecule has 1 heterocycles. The summed E-state index contributed by atoms with van der Waals surface area (Å²) in [6, 6.07) is 11.7. The van der Waals surface area contributed by atoms with Gasteiger partial charge in [0.05, 0.1) is 18.0 Å². The van der Waals surface area contributed by atoms with Crippen LogP contribution in [0, 0.1) is 5.82 Å². The number of carbonyl (C=O) groups is 1. The maximum absolute atomic E-state index is 13.4. The Kier molecular flexibility index (Phi) is 6.71. The van der Waals surface area contributed by atoms with Crippen LogP contribution >= 0.6 is 15.9 Å². The van der Waals surface area contributed by atoms with Gasteiger partial charge in [0.2, 0.25) is 0 Å². The zero-order chi connectivity index (χ0) is 20.8. The maximum Gasteiger partial charge on any atom is 0.156 e. The third-order valence-electron chi connectivity index (χ3n) is 4.21. The Morgan fingerprint density at radius 1 is 1.17 bits per heavy atom. The van der Waals surface area contributed by atoms with Gasteiger partial charge in [-0.1, -0.05) is 28.5 Å². The van der Waals surface area contributed by atoms with Gasteiger partial charge in [0.15, 0.2) is 5.69 Å². The number of halogens is 2. The predicted octanol–water partition coefficient (Wildman–Crippen LogP) is 3.76. The number of ether oxygens (including phenoxy) is 1. The van der Waals surface area contributed by atoms with Crippen LogP contribution in [0.4, 0.5) is 4.39 Å². The van der Waals surface area contributed by atoms with E-state index >= 15 is 0 Å². The van der Waals surface area contributed by atoms with E-state index in [1.165, 1.54) is 6.07 Å². The smallest absolute Gasteiger partial charge is 0.156 e. The minimum absolute atomic E-state index is 0.0395. The number of benzene rings is 2. The third kappa shape index (κ3) is 5.26. The van der Waals surface area contributed by atoms with Crippen LogP contribution in [0.3, 0.4) is 0 Å². The number of hydrogen-bond acceptors (Lipinski definition) is 7. The first-order valence-corrected chi connectivity index (χ1v) is 9.40. The van der Waals surface area contributed by atoms with E-state index in [2.05, 4.69) is 31.4 Å². The summed E-state index contributed by atoms with van der Waals surface area (Å²) in [6.07, 6.45) is 0.294. The van der Waals surface area contributed by atoms with Gasteiger partial charge in [0.1, 0.15) is 28.8 Å². The normalized spacial score (nSPS) is 11.5. The van der Waals surface area contributed by atoms with E-state index in [1.54, 1.807) is 31.4 Å². The first kappa shape index (κ1) is 20.7. The molecule has 0 spiro atoms. The quantitative estimate of drug-likeness (QED) is 0.311. The molecule has 3 aromatic rings. The number of nitrogens with zero attached hydrogens (tertiary/aromatic N) is 3. The largest absolute Gasteiger partial charge is 0.497 e. The van der Waals surface area contributed by atoms with Gasteiger partial charge < -0.3 is 9.94 Å². The summed E-state index contributed by atoms with van der Waals surface area (Å²) in [7, 11) is 1.56. The van der Waals surface area contributed by atoms with Crippen molar-refractivity contribution in [2.45, 2.75) is 19.3 Å². The Labute approximate surface area is 174 Å². The molecule has 0 aliphatic rings. The predicted molar refractivity (Wildman–Crippen MR) is 106 cm³/mol. The molecule has 0 aliphatic carbocycles. The van der Waals surface area contributed by atoms with Crippen molar-refractivity contribution in [3.63, 3.8) is 0 Å². The Balaban J connectivity index is 1.73. The van der Waals surface area contributed by atoms with Crippen molar-refractivity contribution in [2.24, 2.45) is 5.16 Å². The second-order valence-corrected chi connectivity index (χ2v) is 7.13. The second-order valence-electron chi connectivity index (χ2n) is 6.28. The van der Waals surface area contributed by atoms with Crippen molar-refractivity contribution in [1.29, 1.82) is 0 Å². The van der Waals surface area contributed by atoms with Crippen LogP contribution in [0.5, 0.6) is 5.75 Å². The highest BCUT2D eigenvalue weighted by molar-refractivity contribution is 9.10. The fraction of sp³-hybridized carbons (Fsp3) is 0.200. The molecule has 0 bridgehead atoms. The highest BCUT2D eigenvalue weighted by atomic mass is 79.9. The summed E-state index contributed by atoms with van der Waals surface area (Å²) in [4.78, 5) is 12.5. The molecule has 150 valence electrons. The number of aromatic nitrogens is 2. The number of carbonyl (C=O) groups excluding carboxylic acids is 1. The van der Waals surface area contributed by atoms with Crippen molar-refractivity contribution in [1.82, 2.24) is 10.3 Å². The zero-order valence-corrected chi connectivity index (χ0v) is 17.0. The molecule has 9 heteroatoms. The van der Waals surface area contributed by atoms with Gasteiger partial charge in [-0.05, 0) is 56.5 Å². The summed E-state index contributed by atoms with van der Waals surface area (Å²) in [5.41, 5.74) is 2.11. The van der Waals surface area contributed by atoms with Crippen LogP contribution in [-0.4, -0.2) is 34.1 Å². The average Bonchev–Trinajstić information content (AvgIpc) is 3.16. The summed E-state index contributed by atoms with van der Waals surface area (Å²) < 4.78 is 23.6. The van der Waals surface area contributed by atoms with Crippen molar-refractivity contribution in [2.75, 3.05) is 7.11 Å². The topological polar surface area (TPSA) is 97.8 Å². The van der Waals surface area contributed by atoms with Gasteiger partial charge >= 0.3 is 0 Å². The van der Waals surface area contributed by atoms with Crippen LogP contribution in [0.25, 0.3) is 0 Å². The molecule has 0 fully saturated rings. The Morgan fingerprint density at radius 3 is 2.69 bits per heavy atom. The monoisotopic (exact) mass is 461 g/mol. The second kappa shape index (κ2) is 9.42. The molecule has 0 aliphatic heterocycles. The van der Waals surface area contributed by atoms with E-state index in [0.717, 1.165) is 5.56 Å². The number of hydrogen-bond donors (Lipinski definition) is 1. The molecule has 0 unspecified atom stereocenters. The zero-order valence-electron chi connectivity index (χ0n) is 15.4. The van der Waals surface area contributed by atoms with E-state index < -0.39 is 5.82 Å². The average molecular weight is 462 g/mol. The Morgan fingerprint density at radius 2 is 1.97 bits per heavy atom. The summed E-state index contributed by atoms with van der Waals surface area (Å²) in [5.74, 6) is 0.152. The van der Waals surface area contributed by atoms with Crippen molar-refractivity contribution >= 4 is 27.4 Å². The first-order chi connectivity index (χ1) is 14.0. The summed E-state index contributed by atoms with van der Waals surface area (Å²) in [5, 5.41) is 20.3. The fourth-order valence-electron chi connectivity index (χ4n) is 2.81. The summed E-state index contributed by atoms with van der Waals surface area (Å²) in [6.45, 7) is 0. The molecule has 3 rings (SSSR count). The number of Topliss-reactive ketones (excluding diaryl/α,β-unsaturated/α-hetero) is 1. The minimum atomic E-state index is -0.400. The van der Waals surface area contributed by atoms with Crippen molar-refractivity contribution in [3.05, 3.63) is 75.3 Å². The van der Waals surface area contributed by atoms with Gasteiger partial charge in [0, 0.05) is 12.8 Å². The van der Waals surface area contributed by atoms with E-state index in [4.69, 9.17) is 9.37 Å². The Bertz CT molecular complexity index is 1050. The highest BCUT2D eigenvalue weighted by Crippen LogP contribution is 2.19. The Hall–Kier alpha value is -3.07. The van der Waals surface area contributed by atoms with Crippen LogP contribution in [0.2, 0.25) is 0 Å². The van der Waals surface area contributed by atoms with Crippen molar-refractivity contribution in [3.8, 4) is 5.75 Å². The standard InChI is InChI=1S/C20H17BrFN3O4/c1-28-15-4-2-3-12(8-15)7-14(26)11-19-20(25-29-24-19)18(23-27)10-13-5-6-17(22)16(21)9-13/h2-6,8-9,27H,7,10-11H2,1H3/b23-18+. The van der Waals surface area contributed by atoms with Crippen LogP contribution in [-0.2, 0) is 24.1 Å². The third-order valence-corrected chi connectivity index (χ3v) is 4.81. The molecule has 2 aromatic carbocycles. The first-order valence-electron chi connectivity index (χ1n) is 8.61. The number of oxime groups is 1. The molecule has 7 nitrogen and oxygen atoms in total. The lowest BCUT2D eigenvalue weighted by molar-refractivity contribution is -0.117. The van der Waals surface area contributed by atoms with E-state index in [0.29, 0.717) is 15.8 Å². The molecule has 29 heavy (non-hydrogen) atoms. The van der Waals surface area contributed by atoms with Gasteiger partial charge in [-0.25, -0.2) is 9.02 Å². The van der Waals surface area contributed by atoms with Gasteiger partial charge in [-0.2, -0.15) is 0 Å². The lowest BCUT2D eigenvalue weighted by Gasteiger charge is -2.05. The van der Waals surface area contributed by atoms with Gasteiger partial charge in [-0.15, -0.1) is 0 Å². The van der Waals surface area contributed by atoms with E-state index in [-0.39, 0.29) is 42.1 Å². The molecule has 1 aromatic heterocycles. The molecule has 1 N–H and O–H groups in total. The van der Waals surface area contributed by atoms with Crippen LogP contribution in [0.15, 0.2) is 56.7 Å². The SMILES string of the molecule is COc1cccc(CC(=O)Cc2nonc2/C(Cc2ccc(F)c(Br)c2)=N/O)c1. The highest BCUT2D eigenvalue weighted by Gasteiger charge is 2.20. The number of rotatable bonds is 8. The number of methoxy groups -OCH3 is 1. The maximum atomic E-state index is 13.4. The molecule has 0 saturated heterocycles. The van der Waals surface area contributed by atoms with E-state index in [9.17, 15) is 14.4 Å². The number of ketones is 1. The van der Waals surface area contributed by atoms with Crippen molar-refractivity contribution < 1.29 is 23.8 Å². The summed E-state index contributed by atoms with van der Waals surface area (Å²) >= 11 is 3.12. The molecule has 0 amide bonds. The lowest BCUT2D eigenvalue weighted by Crippen LogP contribution is -2.13. The minimum Gasteiger partial charge on any atom is -0.497 e. The van der Waals surface area contributed by atoms with E-state index in [1.807, 2.05) is 12.1 Å². The van der Waals surface area contributed by atoms with Gasteiger partial charge in [-0.3, -0.25) is 4.79 Å². The molecule has 0 saturated carbocycles. The molecular formula is C20H17BrFN3O4. The van der Waals surface area contributed by atoms with Crippen LogP contribution in [0.1, 0.15) is 22.5 Å². The van der Waals surface area contributed by atoms with Gasteiger partial charge in [0.25, 0.3) is 0 Å². The van der Waals surface area contributed by atoms with Crippen LogP contribution < -0.4 is 4.74 Å². The fourth-order valence-corrected chi connectivity index (χ4v) is 3.24. The molecule has 0 atom stereocenters.